The molecule has 0 N–H and O–H groups in total. The van der Waals surface area contributed by atoms with Crippen molar-refractivity contribution in [3.05, 3.63) is 125 Å². The van der Waals surface area contributed by atoms with Gasteiger partial charge >= 0.3 is 0 Å². The standard InChI is InChI=1S/C34H26ClN/c1-21-8-6-10-25(22-14-16-23(35)17-15-22)32(21)33-30-12-7-13-31(33)36(30)24-18-19-27-26-9-4-5-11-28(26)34(2,3)29(27)20-24/h4-20H,1-3H3. The molecule has 7 rings (SSSR count). The van der Waals surface area contributed by atoms with Gasteiger partial charge in [0.05, 0.1) is 11.4 Å². The van der Waals surface area contributed by atoms with Crippen molar-refractivity contribution >= 4 is 28.7 Å². The molecule has 2 aliphatic rings. The van der Waals surface area contributed by atoms with Gasteiger partial charge in [0.25, 0.3) is 0 Å². The van der Waals surface area contributed by atoms with Gasteiger partial charge in [0, 0.05) is 21.7 Å². The van der Waals surface area contributed by atoms with Gasteiger partial charge in [0.2, 0.25) is 0 Å². The first kappa shape index (κ1) is 21.5. The van der Waals surface area contributed by atoms with Crippen molar-refractivity contribution in [2.24, 2.45) is 0 Å². The second-order valence-corrected chi connectivity index (χ2v) is 10.8. The normalized spacial score (nSPS) is 14.3. The predicted octanol–water partition coefficient (Wildman–Crippen LogP) is 10.1. The van der Waals surface area contributed by atoms with E-state index >= 15 is 0 Å². The number of fused-ring (bicyclic) bond motifs is 5. The van der Waals surface area contributed by atoms with Crippen LogP contribution in [0.2, 0.25) is 5.02 Å². The highest BCUT2D eigenvalue weighted by Crippen LogP contribution is 2.58. The van der Waals surface area contributed by atoms with Gasteiger partial charge < -0.3 is 4.90 Å². The second kappa shape index (κ2) is 7.59. The largest absolute Gasteiger partial charge is 0.309 e. The molecule has 0 saturated carbocycles. The zero-order valence-corrected chi connectivity index (χ0v) is 21.4. The molecule has 0 spiro atoms. The predicted molar refractivity (Wildman–Crippen MR) is 153 cm³/mol. The van der Waals surface area contributed by atoms with Gasteiger partial charge in [-0.3, -0.25) is 0 Å². The van der Waals surface area contributed by atoms with Gasteiger partial charge in [-0.05, 0) is 87.8 Å². The van der Waals surface area contributed by atoms with E-state index in [9.17, 15) is 0 Å². The fourth-order valence-corrected chi connectivity index (χ4v) is 6.34. The van der Waals surface area contributed by atoms with Crippen LogP contribution in [-0.4, -0.2) is 0 Å². The molecule has 2 bridgehead atoms. The van der Waals surface area contributed by atoms with Gasteiger partial charge in [-0.25, -0.2) is 0 Å². The van der Waals surface area contributed by atoms with Crippen molar-refractivity contribution in [2.45, 2.75) is 26.2 Å². The fourth-order valence-electron chi connectivity index (χ4n) is 6.21. The number of aryl methyl sites for hydroxylation is 1. The van der Waals surface area contributed by atoms with Gasteiger partial charge in [0.15, 0.2) is 0 Å². The zero-order chi connectivity index (χ0) is 24.6. The Morgan fingerprint density at radius 1 is 0.611 bits per heavy atom. The lowest BCUT2D eigenvalue weighted by Crippen LogP contribution is -2.22. The molecule has 0 amide bonds. The molecule has 0 unspecified atom stereocenters. The maximum absolute atomic E-state index is 6.19. The molecule has 0 fully saturated rings. The van der Waals surface area contributed by atoms with Gasteiger partial charge in [-0.15, -0.1) is 0 Å². The lowest BCUT2D eigenvalue weighted by atomic mass is 9.81. The Morgan fingerprint density at radius 2 is 1.28 bits per heavy atom. The summed E-state index contributed by atoms with van der Waals surface area (Å²) in [4.78, 5) is 2.41. The highest BCUT2D eigenvalue weighted by molar-refractivity contribution is 6.30. The van der Waals surface area contributed by atoms with Crippen molar-refractivity contribution in [2.75, 3.05) is 4.90 Å². The summed E-state index contributed by atoms with van der Waals surface area (Å²) in [6, 6.07) is 37.2. The smallest absolute Gasteiger partial charge is 0.0561 e. The van der Waals surface area contributed by atoms with E-state index < -0.39 is 0 Å². The first-order valence-electron chi connectivity index (χ1n) is 12.5. The van der Waals surface area contributed by atoms with E-state index in [2.05, 4.69) is 117 Å². The molecule has 1 aliphatic heterocycles. The fraction of sp³-hybridized carbons (Fsp3) is 0.118. The van der Waals surface area contributed by atoms with Crippen LogP contribution in [0, 0.1) is 6.92 Å². The van der Waals surface area contributed by atoms with Crippen LogP contribution >= 0.6 is 11.6 Å². The molecule has 0 saturated heterocycles. The average molecular weight is 484 g/mol. The van der Waals surface area contributed by atoms with E-state index in [0.29, 0.717) is 0 Å². The summed E-state index contributed by atoms with van der Waals surface area (Å²) in [5.74, 6) is 0. The third kappa shape index (κ3) is 2.90. The Bertz CT molecular complexity index is 1650. The van der Waals surface area contributed by atoms with E-state index in [4.69, 9.17) is 11.6 Å². The quantitative estimate of drug-likeness (QED) is 0.242. The van der Waals surface area contributed by atoms with Crippen molar-refractivity contribution in [3.8, 4) is 33.4 Å². The van der Waals surface area contributed by atoms with Crippen molar-refractivity contribution in [1.82, 2.24) is 0 Å². The number of halogens is 1. The van der Waals surface area contributed by atoms with Gasteiger partial charge in [-0.2, -0.15) is 0 Å². The highest BCUT2D eigenvalue weighted by atomic mass is 35.5. The van der Waals surface area contributed by atoms with Crippen molar-refractivity contribution in [3.63, 3.8) is 0 Å². The molecule has 36 heavy (non-hydrogen) atoms. The minimum Gasteiger partial charge on any atom is -0.309 e. The molecule has 0 aromatic heterocycles. The first-order chi connectivity index (χ1) is 17.4. The zero-order valence-electron chi connectivity index (χ0n) is 20.6. The summed E-state index contributed by atoms with van der Waals surface area (Å²) in [6.45, 7) is 6.89. The minimum absolute atomic E-state index is 0.0128. The average Bonchev–Trinajstić information content (AvgIpc) is 3.12. The Morgan fingerprint density at radius 3 is 2.06 bits per heavy atom. The van der Waals surface area contributed by atoms with Gasteiger partial charge in [-0.1, -0.05) is 92.2 Å². The molecular weight excluding hydrogens is 458 g/mol. The number of hydrogen-bond donors (Lipinski definition) is 0. The Balaban J connectivity index is 1.35. The third-order valence-corrected chi connectivity index (χ3v) is 8.26. The monoisotopic (exact) mass is 483 g/mol. The molecule has 0 radical (unpaired) electrons. The SMILES string of the molecule is Cc1cccc(-c2ccc(Cl)cc2)c1-c1c2cccc1N2c1ccc2c(c1)C(C)(C)c1ccccc1-2. The van der Waals surface area contributed by atoms with Crippen molar-refractivity contribution < 1.29 is 0 Å². The van der Waals surface area contributed by atoms with Crippen LogP contribution in [0.25, 0.3) is 33.4 Å². The molecule has 1 aliphatic carbocycles. The third-order valence-electron chi connectivity index (χ3n) is 8.01. The topological polar surface area (TPSA) is 3.24 Å². The van der Waals surface area contributed by atoms with Crippen LogP contribution in [-0.2, 0) is 5.41 Å². The van der Waals surface area contributed by atoms with Crippen LogP contribution < -0.4 is 4.90 Å². The molecule has 2 heteroatoms. The number of anilines is 3. The minimum atomic E-state index is -0.0128. The molecule has 1 nitrogen and oxygen atoms in total. The van der Waals surface area contributed by atoms with Crippen LogP contribution in [0.3, 0.4) is 0 Å². The second-order valence-electron chi connectivity index (χ2n) is 10.4. The molecule has 5 aromatic carbocycles. The van der Waals surface area contributed by atoms with E-state index in [1.807, 2.05) is 12.1 Å². The van der Waals surface area contributed by atoms with Crippen LogP contribution in [0.15, 0.2) is 103 Å². The number of nitrogens with zero attached hydrogens (tertiary/aromatic N) is 1. The maximum Gasteiger partial charge on any atom is 0.0561 e. The summed E-state index contributed by atoms with van der Waals surface area (Å²) in [6.07, 6.45) is 0. The van der Waals surface area contributed by atoms with Crippen LogP contribution in [0.1, 0.15) is 30.5 Å². The Hall–Kier alpha value is -3.81. The van der Waals surface area contributed by atoms with Gasteiger partial charge in [0.1, 0.15) is 0 Å². The number of rotatable bonds is 3. The summed E-state index contributed by atoms with van der Waals surface area (Å²) < 4.78 is 0. The lowest BCUT2D eigenvalue weighted by molar-refractivity contribution is 0.660. The van der Waals surface area contributed by atoms with E-state index in [0.717, 1.165) is 5.02 Å². The van der Waals surface area contributed by atoms with Crippen LogP contribution in [0.4, 0.5) is 17.1 Å². The Labute approximate surface area is 217 Å². The van der Waals surface area contributed by atoms with E-state index in [1.165, 1.54) is 67.1 Å². The Kier molecular flexibility index (Phi) is 4.53. The maximum atomic E-state index is 6.19. The molecule has 1 heterocycles. The van der Waals surface area contributed by atoms with Crippen LogP contribution in [0.5, 0.6) is 0 Å². The van der Waals surface area contributed by atoms with E-state index in [-0.39, 0.29) is 5.41 Å². The molecular formula is C34H26ClN. The van der Waals surface area contributed by atoms with E-state index in [1.54, 1.807) is 0 Å². The summed E-state index contributed by atoms with van der Waals surface area (Å²) >= 11 is 6.19. The number of benzene rings is 5. The number of hydrogen-bond acceptors (Lipinski definition) is 1. The summed E-state index contributed by atoms with van der Waals surface area (Å²) in [5, 5.41) is 0.758. The highest BCUT2D eigenvalue weighted by Gasteiger charge is 2.37. The van der Waals surface area contributed by atoms with Crippen molar-refractivity contribution in [1.29, 1.82) is 0 Å². The molecule has 0 atom stereocenters. The summed E-state index contributed by atoms with van der Waals surface area (Å²) in [5.41, 5.74) is 15.6. The lowest BCUT2D eigenvalue weighted by Gasteiger charge is -2.40. The molecule has 5 aromatic rings. The molecule has 174 valence electrons. The summed E-state index contributed by atoms with van der Waals surface area (Å²) in [7, 11) is 0. The first-order valence-corrected chi connectivity index (χ1v) is 12.9.